The van der Waals surface area contributed by atoms with Gasteiger partial charge in [-0.2, -0.15) is 0 Å². The summed E-state index contributed by atoms with van der Waals surface area (Å²) in [7, 11) is 1.31. The van der Waals surface area contributed by atoms with Crippen molar-refractivity contribution in [3.8, 4) is 0 Å². The molecule has 0 aliphatic carbocycles. The van der Waals surface area contributed by atoms with Gasteiger partial charge in [0.1, 0.15) is 6.04 Å². The average molecular weight is 235 g/mol. The van der Waals surface area contributed by atoms with Crippen molar-refractivity contribution in [3.63, 3.8) is 0 Å². The zero-order valence-corrected chi connectivity index (χ0v) is 10.6. The fourth-order valence-corrected chi connectivity index (χ4v) is 1.83. The van der Waals surface area contributed by atoms with Gasteiger partial charge in [-0.1, -0.05) is 18.2 Å². The molecule has 4 heteroatoms. The maximum atomic E-state index is 11.5. The molecule has 1 unspecified atom stereocenters. The van der Waals surface area contributed by atoms with E-state index < -0.39 is 12.0 Å². The Bertz CT molecular complexity index is 408. The van der Waals surface area contributed by atoms with Crippen LogP contribution in [0.3, 0.4) is 0 Å². The Kier molecular flexibility index (Phi) is 4.26. The van der Waals surface area contributed by atoms with E-state index in [1.54, 1.807) is 6.92 Å². The molecular weight excluding hydrogens is 218 g/mol. The first kappa shape index (κ1) is 13.2. The van der Waals surface area contributed by atoms with Gasteiger partial charge < -0.3 is 9.64 Å². The molecule has 0 aliphatic rings. The van der Waals surface area contributed by atoms with Crippen LogP contribution in [0.15, 0.2) is 18.2 Å². The molecule has 4 nitrogen and oxygen atoms in total. The molecule has 0 fully saturated rings. The van der Waals surface area contributed by atoms with Gasteiger partial charge in [-0.25, -0.2) is 4.79 Å². The van der Waals surface area contributed by atoms with E-state index in [1.807, 2.05) is 32.0 Å². The van der Waals surface area contributed by atoms with E-state index in [0.29, 0.717) is 6.41 Å². The maximum absolute atomic E-state index is 11.5. The molecule has 0 saturated carbocycles. The molecule has 0 radical (unpaired) electrons. The molecule has 1 aromatic carbocycles. The van der Waals surface area contributed by atoms with Gasteiger partial charge in [0, 0.05) is 0 Å². The summed E-state index contributed by atoms with van der Waals surface area (Å²) < 4.78 is 4.66. The number of aryl methyl sites for hydroxylation is 2. The highest BCUT2D eigenvalue weighted by Gasteiger charge is 2.24. The predicted molar refractivity (Wildman–Crippen MR) is 65.9 cm³/mol. The smallest absolute Gasteiger partial charge is 0.328 e. The van der Waals surface area contributed by atoms with Crippen LogP contribution in [-0.2, 0) is 14.3 Å². The number of benzene rings is 1. The van der Waals surface area contributed by atoms with Crippen LogP contribution in [0.2, 0.25) is 0 Å². The lowest BCUT2D eigenvalue weighted by Gasteiger charge is -2.26. The second-order valence-electron chi connectivity index (χ2n) is 3.95. The molecule has 1 aromatic rings. The van der Waals surface area contributed by atoms with E-state index >= 15 is 0 Å². The van der Waals surface area contributed by atoms with Gasteiger partial charge in [-0.15, -0.1) is 0 Å². The largest absolute Gasteiger partial charge is 0.467 e. The number of rotatable bonds is 4. The zero-order chi connectivity index (χ0) is 13.0. The molecule has 0 spiro atoms. The molecule has 0 aromatic heterocycles. The average Bonchev–Trinajstić information content (AvgIpc) is 2.32. The quantitative estimate of drug-likeness (QED) is 0.591. The standard InChI is InChI=1S/C13H17NO3/c1-9-6-5-7-10(2)12(9)14(8-15)11(3)13(16)17-4/h5-8,11H,1-4H3. The Labute approximate surface area is 101 Å². The molecule has 17 heavy (non-hydrogen) atoms. The molecule has 1 atom stereocenters. The second-order valence-corrected chi connectivity index (χ2v) is 3.95. The van der Waals surface area contributed by atoms with Crippen molar-refractivity contribution in [1.82, 2.24) is 0 Å². The highest BCUT2D eigenvalue weighted by Crippen LogP contribution is 2.25. The first-order valence-electron chi connectivity index (χ1n) is 5.40. The monoisotopic (exact) mass is 235 g/mol. The van der Waals surface area contributed by atoms with E-state index in [4.69, 9.17) is 0 Å². The Hall–Kier alpha value is -1.84. The molecule has 1 amide bonds. The maximum Gasteiger partial charge on any atom is 0.328 e. The van der Waals surface area contributed by atoms with Crippen LogP contribution in [0.4, 0.5) is 5.69 Å². The third-order valence-corrected chi connectivity index (χ3v) is 2.77. The van der Waals surface area contributed by atoms with Gasteiger partial charge in [0.2, 0.25) is 6.41 Å². The van der Waals surface area contributed by atoms with Crippen molar-refractivity contribution in [1.29, 1.82) is 0 Å². The molecule has 0 N–H and O–H groups in total. The molecule has 0 heterocycles. The summed E-state index contributed by atoms with van der Waals surface area (Å²) in [5.41, 5.74) is 2.67. The number of ether oxygens (including phenoxy) is 1. The SMILES string of the molecule is COC(=O)C(C)N(C=O)c1c(C)cccc1C. The van der Waals surface area contributed by atoms with Crippen LogP contribution in [0.1, 0.15) is 18.1 Å². The minimum Gasteiger partial charge on any atom is -0.467 e. The Morgan fingerprint density at radius 2 is 1.88 bits per heavy atom. The number of nitrogens with zero attached hydrogens (tertiary/aromatic N) is 1. The van der Waals surface area contributed by atoms with E-state index in [0.717, 1.165) is 16.8 Å². The molecule has 0 aliphatic heterocycles. The lowest BCUT2D eigenvalue weighted by atomic mass is 10.1. The summed E-state index contributed by atoms with van der Waals surface area (Å²) >= 11 is 0. The number of para-hydroxylation sites is 1. The second kappa shape index (κ2) is 5.48. The van der Waals surface area contributed by atoms with Crippen LogP contribution in [0.5, 0.6) is 0 Å². The van der Waals surface area contributed by atoms with Gasteiger partial charge in [0.25, 0.3) is 0 Å². The first-order chi connectivity index (χ1) is 8.02. The Morgan fingerprint density at radius 1 is 1.35 bits per heavy atom. The number of hydrogen-bond donors (Lipinski definition) is 0. The number of hydrogen-bond acceptors (Lipinski definition) is 3. The first-order valence-corrected chi connectivity index (χ1v) is 5.40. The minimum atomic E-state index is -0.628. The number of carbonyl (C=O) groups excluding carboxylic acids is 2. The van der Waals surface area contributed by atoms with Crippen molar-refractivity contribution in [3.05, 3.63) is 29.3 Å². The summed E-state index contributed by atoms with van der Waals surface area (Å²) in [5, 5.41) is 0. The predicted octanol–water partition coefficient (Wildman–Crippen LogP) is 1.83. The highest BCUT2D eigenvalue weighted by atomic mass is 16.5. The van der Waals surface area contributed by atoms with Gasteiger partial charge in [0.15, 0.2) is 0 Å². The van der Waals surface area contributed by atoms with E-state index in [-0.39, 0.29) is 0 Å². The van der Waals surface area contributed by atoms with E-state index in [9.17, 15) is 9.59 Å². The van der Waals surface area contributed by atoms with Crippen LogP contribution in [0.25, 0.3) is 0 Å². The van der Waals surface area contributed by atoms with Crippen molar-refractivity contribution < 1.29 is 14.3 Å². The third kappa shape index (κ3) is 2.64. The van der Waals surface area contributed by atoms with Gasteiger partial charge in [-0.05, 0) is 31.9 Å². The highest BCUT2D eigenvalue weighted by molar-refractivity contribution is 5.90. The number of methoxy groups -OCH3 is 1. The molecule has 0 bridgehead atoms. The number of esters is 1. The summed E-state index contributed by atoms with van der Waals surface area (Å²) in [6.45, 7) is 5.46. The fourth-order valence-electron chi connectivity index (χ4n) is 1.83. The summed E-state index contributed by atoms with van der Waals surface area (Å²) in [6, 6.07) is 5.10. The minimum absolute atomic E-state index is 0.431. The third-order valence-electron chi connectivity index (χ3n) is 2.77. The van der Waals surface area contributed by atoms with Crippen LogP contribution in [-0.4, -0.2) is 25.5 Å². The van der Waals surface area contributed by atoms with Crippen LogP contribution >= 0.6 is 0 Å². The van der Waals surface area contributed by atoms with Gasteiger partial charge in [-0.3, -0.25) is 4.79 Å². The zero-order valence-electron chi connectivity index (χ0n) is 10.6. The van der Waals surface area contributed by atoms with Crippen LogP contribution in [0, 0.1) is 13.8 Å². The molecule has 0 saturated heterocycles. The summed E-state index contributed by atoms with van der Waals surface area (Å²) in [5.74, 6) is -0.431. The number of anilines is 1. The molecule has 92 valence electrons. The van der Waals surface area contributed by atoms with E-state index in [2.05, 4.69) is 4.74 Å². The normalized spacial score (nSPS) is 11.8. The Morgan fingerprint density at radius 3 is 2.29 bits per heavy atom. The van der Waals surface area contributed by atoms with E-state index in [1.165, 1.54) is 12.0 Å². The van der Waals surface area contributed by atoms with Gasteiger partial charge in [0.05, 0.1) is 12.8 Å². The summed E-state index contributed by atoms with van der Waals surface area (Å²) in [4.78, 5) is 24.1. The van der Waals surface area contributed by atoms with Crippen molar-refractivity contribution in [2.24, 2.45) is 0 Å². The lowest BCUT2D eigenvalue weighted by Crippen LogP contribution is -2.39. The summed E-state index contributed by atoms with van der Waals surface area (Å²) in [6.07, 6.45) is 0.664. The Balaban J connectivity index is 3.18. The lowest BCUT2D eigenvalue weighted by molar-refractivity contribution is -0.142. The fraction of sp³-hybridized carbons (Fsp3) is 0.385. The number of carbonyl (C=O) groups is 2. The molecule has 1 rings (SSSR count). The number of amides is 1. The van der Waals surface area contributed by atoms with Crippen LogP contribution < -0.4 is 4.90 Å². The van der Waals surface area contributed by atoms with Crippen molar-refractivity contribution >= 4 is 18.1 Å². The van der Waals surface area contributed by atoms with Gasteiger partial charge >= 0.3 is 5.97 Å². The van der Waals surface area contributed by atoms with Crippen molar-refractivity contribution in [2.45, 2.75) is 26.8 Å². The molecular formula is C13H17NO3. The van der Waals surface area contributed by atoms with Crippen molar-refractivity contribution in [2.75, 3.05) is 12.0 Å². The topological polar surface area (TPSA) is 46.6 Å².